The van der Waals surface area contributed by atoms with Crippen LogP contribution >= 0.6 is 15.9 Å². The number of carbonyl (C=O) groups excluding carboxylic acids is 1. The monoisotopic (exact) mass is 351 g/mol. The van der Waals surface area contributed by atoms with Crippen LogP contribution in [0.15, 0.2) is 24.3 Å². The average Bonchev–Trinajstić information content (AvgIpc) is 2.79. The number of halogens is 1. The van der Waals surface area contributed by atoms with Crippen LogP contribution in [0.3, 0.4) is 0 Å². The minimum atomic E-state index is 0.133. The fourth-order valence-electron chi connectivity index (χ4n) is 3.03. The Morgan fingerprint density at radius 3 is 2.71 bits per heavy atom. The normalized spacial score (nSPS) is 20.3. The molecule has 1 aliphatic carbocycles. The molecule has 0 aliphatic heterocycles. The Hall–Kier alpha value is -0.830. The number of rotatable bonds is 8. The van der Waals surface area contributed by atoms with Crippen molar-refractivity contribution in [2.75, 3.05) is 0 Å². The van der Waals surface area contributed by atoms with Crippen LogP contribution < -0.4 is 5.32 Å². The Morgan fingerprint density at radius 1 is 1.19 bits per heavy atom. The summed E-state index contributed by atoms with van der Waals surface area (Å²) in [6, 6.07) is 8.54. The Labute approximate surface area is 136 Å². The van der Waals surface area contributed by atoms with Gasteiger partial charge in [0.1, 0.15) is 0 Å². The van der Waals surface area contributed by atoms with Gasteiger partial charge in [0, 0.05) is 11.2 Å². The first-order valence-corrected chi connectivity index (χ1v) is 9.15. The highest BCUT2D eigenvalue weighted by atomic mass is 79.9. The average molecular weight is 352 g/mol. The minimum Gasteiger partial charge on any atom is -0.348 e. The number of alkyl halides is 1. The van der Waals surface area contributed by atoms with Crippen molar-refractivity contribution in [1.82, 2.24) is 5.32 Å². The number of hydrogen-bond acceptors (Lipinski definition) is 1. The lowest BCUT2D eigenvalue weighted by Crippen LogP contribution is -2.31. The zero-order valence-corrected chi connectivity index (χ0v) is 14.5. The van der Waals surface area contributed by atoms with E-state index < -0.39 is 0 Å². The van der Waals surface area contributed by atoms with Crippen molar-refractivity contribution in [3.8, 4) is 0 Å². The van der Waals surface area contributed by atoms with Gasteiger partial charge in [-0.25, -0.2) is 0 Å². The van der Waals surface area contributed by atoms with E-state index in [0.717, 1.165) is 12.8 Å². The molecule has 0 saturated carbocycles. The molecule has 0 fully saturated rings. The number of unbranched alkanes of at least 4 members (excludes halogenated alkanes) is 5. The SMILES string of the molecule is CCCCCCCCC(=O)NC1c2ccccc2CC1Br. The zero-order chi connectivity index (χ0) is 15.1. The Kier molecular flexibility index (Phi) is 6.75. The van der Waals surface area contributed by atoms with Crippen LogP contribution in [0.1, 0.15) is 69.0 Å². The van der Waals surface area contributed by atoms with E-state index in [4.69, 9.17) is 0 Å². The van der Waals surface area contributed by atoms with Crippen LogP contribution in [0, 0.1) is 0 Å². The third kappa shape index (κ3) is 4.84. The smallest absolute Gasteiger partial charge is 0.220 e. The maximum absolute atomic E-state index is 12.1. The van der Waals surface area contributed by atoms with E-state index >= 15 is 0 Å². The lowest BCUT2D eigenvalue weighted by Gasteiger charge is -2.17. The highest BCUT2D eigenvalue weighted by Gasteiger charge is 2.31. The highest BCUT2D eigenvalue weighted by Crippen LogP contribution is 2.35. The fraction of sp³-hybridized carbons (Fsp3) is 0.611. The van der Waals surface area contributed by atoms with Crippen molar-refractivity contribution < 1.29 is 4.79 Å². The Balaban J connectivity index is 1.73. The molecule has 2 unspecified atom stereocenters. The molecule has 1 amide bonds. The first-order chi connectivity index (χ1) is 10.2. The van der Waals surface area contributed by atoms with Gasteiger partial charge in [-0.1, -0.05) is 79.2 Å². The van der Waals surface area contributed by atoms with Crippen LogP contribution in [0.4, 0.5) is 0 Å². The fourth-order valence-corrected chi connectivity index (χ4v) is 3.79. The molecular formula is C18H26BrNO. The van der Waals surface area contributed by atoms with Gasteiger partial charge in [-0.05, 0) is 24.0 Å². The second kappa shape index (κ2) is 8.57. The van der Waals surface area contributed by atoms with Crippen molar-refractivity contribution in [2.24, 2.45) is 0 Å². The molecule has 0 bridgehead atoms. The molecule has 1 N–H and O–H groups in total. The lowest BCUT2D eigenvalue weighted by molar-refractivity contribution is -0.121. The van der Waals surface area contributed by atoms with Gasteiger partial charge in [0.05, 0.1) is 6.04 Å². The Bertz CT molecular complexity index is 460. The first-order valence-electron chi connectivity index (χ1n) is 8.23. The predicted octanol–water partition coefficient (Wildman–Crippen LogP) is 4.91. The van der Waals surface area contributed by atoms with Gasteiger partial charge in [0.15, 0.2) is 0 Å². The molecule has 2 rings (SSSR count). The molecule has 1 aromatic rings. The van der Waals surface area contributed by atoms with Gasteiger partial charge in [-0.3, -0.25) is 4.79 Å². The van der Waals surface area contributed by atoms with Crippen molar-refractivity contribution in [2.45, 2.75) is 69.2 Å². The molecule has 3 heteroatoms. The molecule has 0 aromatic heterocycles. The van der Waals surface area contributed by atoms with Crippen molar-refractivity contribution in [3.63, 3.8) is 0 Å². The largest absolute Gasteiger partial charge is 0.348 e. The topological polar surface area (TPSA) is 29.1 Å². The molecule has 1 aliphatic rings. The van der Waals surface area contributed by atoms with Gasteiger partial charge in [-0.15, -0.1) is 0 Å². The predicted molar refractivity (Wildman–Crippen MR) is 91.7 cm³/mol. The summed E-state index contributed by atoms with van der Waals surface area (Å²) in [4.78, 5) is 12.4. The minimum absolute atomic E-state index is 0.133. The number of nitrogens with one attached hydrogen (secondary N) is 1. The van der Waals surface area contributed by atoms with E-state index in [1.807, 2.05) is 0 Å². The highest BCUT2D eigenvalue weighted by molar-refractivity contribution is 9.09. The number of fused-ring (bicyclic) bond motifs is 1. The van der Waals surface area contributed by atoms with Crippen LogP contribution in [0.5, 0.6) is 0 Å². The maximum atomic E-state index is 12.1. The zero-order valence-electron chi connectivity index (χ0n) is 12.9. The van der Waals surface area contributed by atoms with Gasteiger partial charge >= 0.3 is 0 Å². The number of hydrogen-bond donors (Lipinski definition) is 1. The first kappa shape index (κ1) is 16.5. The van der Waals surface area contributed by atoms with E-state index in [1.54, 1.807) is 0 Å². The van der Waals surface area contributed by atoms with Crippen LogP contribution in [-0.2, 0) is 11.2 Å². The summed E-state index contributed by atoms with van der Waals surface area (Å²) in [6.07, 6.45) is 8.99. The van der Waals surface area contributed by atoms with Gasteiger partial charge in [0.25, 0.3) is 0 Å². The number of carbonyl (C=O) groups is 1. The lowest BCUT2D eigenvalue weighted by atomic mass is 10.1. The van der Waals surface area contributed by atoms with Crippen LogP contribution in [0.2, 0.25) is 0 Å². The van der Waals surface area contributed by atoms with Crippen LogP contribution in [-0.4, -0.2) is 10.7 Å². The standard InChI is InChI=1S/C18H26BrNO/c1-2-3-4-5-6-7-12-17(21)20-18-15-11-9-8-10-14(15)13-16(18)19/h8-11,16,18H,2-7,12-13H2,1H3,(H,20,21). The van der Waals surface area contributed by atoms with Gasteiger partial charge < -0.3 is 5.32 Å². The third-order valence-electron chi connectivity index (χ3n) is 4.24. The molecule has 116 valence electrons. The van der Waals surface area contributed by atoms with Gasteiger partial charge in [-0.2, -0.15) is 0 Å². The Morgan fingerprint density at radius 2 is 1.90 bits per heavy atom. The van der Waals surface area contributed by atoms with Crippen molar-refractivity contribution >= 4 is 21.8 Å². The molecule has 0 heterocycles. The summed E-state index contributed by atoms with van der Waals surface area (Å²) in [6.45, 7) is 2.23. The van der Waals surface area contributed by atoms with Crippen molar-refractivity contribution in [1.29, 1.82) is 0 Å². The molecule has 21 heavy (non-hydrogen) atoms. The molecule has 2 nitrogen and oxygen atoms in total. The third-order valence-corrected chi connectivity index (χ3v) is 5.09. The summed E-state index contributed by atoms with van der Waals surface area (Å²) in [5, 5.41) is 3.20. The van der Waals surface area contributed by atoms with E-state index in [2.05, 4.69) is 52.4 Å². The molecule has 0 radical (unpaired) electrons. The number of benzene rings is 1. The molecule has 0 spiro atoms. The van der Waals surface area contributed by atoms with E-state index in [0.29, 0.717) is 11.2 Å². The van der Waals surface area contributed by atoms with Gasteiger partial charge in [0.2, 0.25) is 5.91 Å². The second-order valence-corrected chi connectivity index (χ2v) is 7.16. The molecule has 0 saturated heterocycles. The van der Waals surface area contributed by atoms with Crippen LogP contribution in [0.25, 0.3) is 0 Å². The quantitative estimate of drug-likeness (QED) is 0.522. The number of amides is 1. The molecular weight excluding hydrogens is 326 g/mol. The molecule has 2 atom stereocenters. The summed E-state index contributed by atoms with van der Waals surface area (Å²) >= 11 is 3.71. The summed E-state index contributed by atoms with van der Waals surface area (Å²) in [5.41, 5.74) is 2.62. The summed E-state index contributed by atoms with van der Waals surface area (Å²) in [7, 11) is 0. The second-order valence-electron chi connectivity index (χ2n) is 5.98. The molecule has 1 aromatic carbocycles. The van der Waals surface area contributed by atoms with E-state index in [-0.39, 0.29) is 11.9 Å². The summed E-state index contributed by atoms with van der Waals surface area (Å²) in [5.74, 6) is 0.191. The van der Waals surface area contributed by atoms with E-state index in [1.165, 1.54) is 43.2 Å². The summed E-state index contributed by atoms with van der Waals surface area (Å²) < 4.78 is 0. The van der Waals surface area contributed by atoms with Crippen molar-refractivity contribution in [3.05, 3.63) is 35.4 Å². The maximum Gasteiger partial charge on any atom is 0.220 e. The van der Waals surface area contributed by atoms with E-state index in [9.17, 15) is 4.79 Å².